The molecule has 0 aliphatic carbocycles. The second-order valence-corrected chi connectivity index (χ2v) is 7.87. The van der Waals surface area contributed by atoms with E-state index < -0.39 is 26.5 Å². The number of methoxy groups -OCH3 is 1. The molecule has 1 N–H and O–H groups in total. The van der Waals surface area contributed by atoms with Gasteiger partial charge in [-0.3, -0.25) is 4.79 Å². The van der Waals surface area contributed by atoms with E-state index >= 15 is 0 Å². The fourth-order valence-electron chi connectivity index (χ4n) is 1.59. The number of benzene rings is 1. The maximum absolute atomic E-state index is 12.4. The molecule has 112 valence electrons. The van der Waals surface area contributed by atoms with E-state index in [0.29, 0.717) is 5.75 Å². The van der Waals surface area contributed by atoms with Gasteiger partial charge in [-0.25, -0.2) is 8.42 Å². The first-order valence-electron chi connectivity index (χ1n) is 6.28. The molecule has 0 saturated heterocycles. The summed E-state index contributed by atoms with van der Waals surface area (Å²) in [7, 11) is -2.28. The molecule has 1 atom stereocenters. The van der Waals surface area contributed by atoms with Gasteiger partial charge >= 0.3 is 0 Å². The molecule has 20 heavy (non-hydrogen) atoms. The van der Waals surface area contributed by atoms with Gasteiger partial charge in [0.15, 0.2) is 9.84 Å². The third-order valence-corrected chi connectivity index (χ3v) is 4.76. The van der Waals surface area contributed by atoms with E-state index in [-0.39, 0.29) is 4.90 Å². The zero-order valence-corrected chi connectivity index (χ0v) is 13.2. The second-order valence-electron chi connectivity index (χ2n) is 5.61. The SMILES string of the molecule is COc1cccc(S(=O)(=O)[C@H](C)C(=O)NC(C)(C)C)c1. The van der Waals surface area contributed by atoms with Crippen molar-refractivity contribution in [2.24, 2.45) is 0 Å². The van der Waals surface area contributed by atoms with E-state index in [1.165, 1.54) is 26.2 Å². The molecule has 0 bridgehead atoms. The molecule has 0 fully saturated rings. The molecule has 1 amide bonds. The van der Waals surface area contributed by atoms with Crippen molar-refractivity contribution >= 4 is 15.7 Å². The molecule has 0 aromatic heterocycles. The summed E-state index contributed by atoms with van der Waals surface area (Å²) in [5.74, 6) is -0.0742. The molecule has 0 spiro atoms. The summed E-state index contributed by atoms with van der Waals surface area (Å²) in [6.45, 7) is 6.79. The van der Waals surface area contributed by atoms with Crippen LogP contribution in [0.1, 0.15) is 27.7 Å². The number of sulfone groups is 1. The molecule has 0 unspecified atom stereocenters. The van der Waals surface area contributed by atoms with Crippen LogP contribution < -0.4 is 10.1 Å². The van der Waals surface area contributed by atoms with Crippen LogP contribution in [0.2, 0.25) is 0 Å². The Morgan fingerprint density at radius 2 is 1.90 bits per heavy atom. The van der Waals surface area contributed by atoms with Gasteiger partial charge in [0.2, 0.25) is 5.91 Å². The number of nitrogens with one attached hydrogen (secondary N) is 1. The first kappa shape index (κ1) is 16.5. The van der Waals surface area contributed by atoms with Crippen molar-refractivity contribution in [3.63, 3.8) is 0 Å². The Morgan fingerprint density at radius 1 is 1.30 bits per heavy atom. The third-order valence-electron chi connectivity index (χ3n) is 2.70. The topological polar surface area (TPSA) is 72.5 Å². The van der Waals surface area contributed by atoms with Crippen LogP contribution in [-0.4, -0.2) is 32.2 Å². The van der Waals surface area contributed by atoms with Gasteiger partial charge in [0, 0.05) is 5.54 Å². The summed E-state index contributed by atoms with van der Waals surface area (Å²) < 4.78 is 29.8. The number of hydrogen-bond acceptors (Lipinski definition) is 4. The Hall–Kier alpha value is -1.56. The third kappa shape index (κ3) is 3.96. The van der Waals surface area contributed by atoms with Gasteiger partial charge in [-0.1, -0.05) is 6.07 Å². The van der Waals surface area contributed by atoms with E-state index in [1.54, 1.807) is 32.9 Å². The lowest BCUT2D eigenvalue weighted by atomic mass is 10.1. The van der Waals surface area contributed by atoms with Crippen LogP contribution in [0.5, 0.6) is 5.75 Å². The zero-order chi connectivity index (χ0) is 15.6. The number of ether oxygens (including phenoxy) is 1. The molecular formula is C14H21NO4S. The van der Waals surface area contributed by atoms with Crippen LogP contribution in [0.25, 0.3) is 0 Å². The highest BCUT2D eigenvalue weighted by Crippen LogP contribution is 2.21. The lowest BCUT2D eigenvalue weighted by Crippen LogP contribution is -2.47. The monoisotopic (exact) mass is 299 g/mol. The Balaban J connectivity index is 3.06. The van der Waals surface area contributed by atoms with Gasteiger partial charge in [-0.15, -0.1) is 0 Å². The highest BCUT2D eigenvalue weighted by Gasteiger charge is 2.31. The van der Waals surface area contributed by atoms with Crippen molar-refractivity contribution in [3.8, 4) is 5.75 Å². The number of hydrogen-bond donors (Lipinski definition) is 1. The number of amides is 1. The molecule has 0 aliphatic heterocycles. The molecule has 1 aromatic carbocycles. The van der Waals surface area contributed by atoms with Gasteiger partial charge in [-0.05, 0) is 45.9 Å². The molecule has 1 aromatic rings. The van der Waals surface area contributed by atoms with Crippen LogP contribution in [0.3, 0.4) is 0 Å². The van der Waals surface area contributed by atoms with Gasteiger partial charge < -0.3 is 10.1 Å². The maximum Gasteiger partial charge on any atom is 0.238 e. The van der Waals surface area contributed by atoms with Gasteiger partial charge in [0.05, 0.1) is 12.0 Å². The van der Waals surface area contributed by atoms with E-state index in [0.717, 1.165) is 0 Å². The first-order valence-corrected chi connectivity index (χ1v) is 7.82. The Morgan fingerprint density at radius 3 is 2.40 bits per heavy atom. The van der Waals surface area contributed by atoms with E-state index in [4.69, 9.17) is 4.74 Å². The largest absolute Gasteiger partial charge is 0.497 e. The standard InChI is InChI=1S/C14H21NO4S/c1-10(13(16)15-14(2,3)4)20(17,18)12-8-6-7-11(9-12)19-5/h6-10H,1-5H3,(H,15,16)/t10-/m1/s1. The normalized spacial score (nSPS) is 13.7. The maximum atomic E-state index is 12.4. The van der Waals surface area contributed by atoms with Gasteiger partial charge in [-0.2, -0.15) is 0 Å². The number of rotatable bonds is 4. The average Bonchev–Trinajstić information content (AvgIpc) is 2.35. The Bertz CT molecular complexity index is 587. The fraction of sp³-hybridized carbons (Fsp3) is 0.500. The van der Waals surface area contributed by atoms with Crippen molar-refractivity contribution in [1.82, 2.24) is 5.32 Å². The fourth-order valence-corrected chi connectivity index (χ4v) is 2.89. The van der Waals surface area contributed by atoms with Crippen LogP contribution in [0.4, 0.5) is 0 Å². The van der Waals surface area contributed by atoms with Crippen molar-refractivity contribution in [3.05, 3.63) is 24.3 Å². The van der Waals surface area contributed by atoms with Crippen molar-refractivity contribution in [2.75, 3.05) is 7.11 Å². The number of carbonyl (C=O) groups is 1. The lowest BCUT2D eigenvalue weighted by Gasteiger charge is -2.23. The predicted octanol–water partition coefficient (Wildman–Crippen LogP) is 1.77. The van der Waals surface area contributed by atoms with Gasteiger partial charge in [0.1, 0.15) is 11.0 Å². The molecule has 5 nitrogen and oxygen atoms in total. The average molecular weight is 299 g/mol. The smallest absolute Gasteiger partial charge is 0.238 e. The van der Waals surface area contributed by atoms with E-state index in [9.17, 15) is 13.2 Å². The molecule has 0 aliphatic rings. The van der Waals surface area contributed by atoms with Crippen LogP contribution in [0.15, 0.2) is 29.2 Å². The van der Waals surface area contributed by atoms with Crippen molar-refractivity contribution in [2.45, 2.75) is 43.4 Å². The summed E-state index contributed by atoms with van der Waals surface area (Å²) in [5, 5.41) is 1.52. The number of carbonyl (C=O) groups excluding carboxylic acids is 1. The summed E-state index contributed by atoms with van der Waals surface area (Å²) >= 11 is 0. The summed E-state index contributed by atoms with van der Waals surface area (Å²) in [4.78, 5) is 12.1. The second kappa shape index (κ2) is 5.83. The van der Waals surface area contributed by atoms with Gasteiger partial charge in [0.25, 0.3) is 0 Å². The Labute approximate surface area is 120 Å². The Kier molecular flexibility index (Phi) is 4.81. The highest BCUT2D eigenvalue weighted by atomic mass is 32.2. The van der Waals surface area contributed by atoms with Crippen LogP contribution in [0, 0.1) is 0 Å². The quantitative estimate of drug-likeness (QED) is 0.919. The molecular weight excluding hydrogens is 278 g/mol. The van der Waals surface area contributed by atoms with E-state index in [2.05, 4.69) is 5.32 Å². The molecule has 6 heteroatoms. The minimum absolute atomic E-state index is 0.0772. The molecule has 0 saturated carbocycles. The highest BCUT2D eigenvalue weighted by molar-refractivity contribution is 7.92. The van der Waals surface area contributed by atoms with Crippen LogP contribution in [-0.2, 0) is 14.6 Å². The van der Waals surface area contributed by atoms with Crippen LogP contribution >= 0.6 is 0 Å². The first-order chi connectivity index (χ1) is 9.08. The molecule has 1 rings (SSSR count). The summed E-state index contributed by atoms with van der Waals surface area (Å²) in [6.07, 6.45) is 0. The van der Waals surface area contributed by atoms with Crippen molar-refractivity contribution in [1.29, 1.82) is 0 Å². The minimum atomic E-state index is -3.74. The summed E-state index contributed by atoms with van der Waals surface area (Å²) in [5.41, 5.74) is -0.477. The molecule has 0 radical (unpaired) electrons. The van der Waals surface area contributed by atoms with E-state index in [1.807, 2.05) is 0 Å². The minimum Gasteiger partial charge on any atom is -0.497 e. The van der Waals surface area contributed by atoms with Crippen molar-refractivity contribution < 1.29 is 17.9 Å². The predicted molar refractivity (Wildman–Crippen MR) is 77.5 cm³/mol. The summed E-state index contributed by atoms with van der Waals surface area (Å²) in [6, 6.07) is 6.11. The molecule has 0 heterocycles. The zero-order valence-electron chi connectivity index (χ0n) is 12.4. The lowest BCUT2D eigenvalue weighted by molar-refractivity contribution is -0.121.